The van der Waals surface area contributed by atoms with Crippen LogP contribution in [-0.4, -0.2) is 35.0 Å². The Labute approximate surface area is 146 Å². The van der Waals surface area contributed by atoms with Crippen LogP contribution < -0.4 is 5.32 Å². The number of carbonyl (C=O) groups excluding carboxylic acids is 2. The van der Waals surface area contributed by atoms with Gasteiger partial charge in [0.15, 0.2) is 0 Å². The molecule has 25 heavy (non-hydrogen) atoms. The Morgan fingerprint density at radius 2 is 2.08 bits per heavy atom. The molecule has 0 saturated carbocycles. The molecule has 2 amide bonds. The third kappa shape index (κ3) is 3.74. The molecule has 0 aliphatic carbocycles. The van der Waals surface area contributed by atoms with Crippen molar-refractivity contribution in [1.82, 2.24) is 10.2 Å². The molecule has 0 bridgehead atoms. The topological polar surface area (TPSA) is 82.8 Å². The summed E-state index contributed by atoms with van der Waals surface area (Å²) in [6.07, 6.45) is 1.67. The third-order valence-corrected chi connectivity index (χ3v) is 4.66. The van der Waals surface area contributed by atoms with E-state index in [1.807, 2.05) is 37.3 Å². The van der Waals surface area contributed by atoms with Gasteiger partial charge >= 0.3 is 0 Å². The van der Waals surface area contributed by atoms with Crippen LogP contribution in [-0.2, 0) is 9.59 Å². The molecule has 3 unspecified atom stereocenters. The molecule has 132 valence electrons. The number of furan rings is 1. The summed E-state index contributed by atoms with van der Waals surface area (Å²) >= 11 is 0. The van der Waals surface area contributed by atoms with E-state index in [1.54, 1.807) is 17.0 Å². The zero-order chi connectivity index (χ0) is 17.8. The van der Waals surface area contributed by atoms with E-state index in [1.165, 1.54) is 6.26 Å². The number of amides is 2. The fourth-order valence-electron chi connectivity index (χ4n) is 3.18. The number of aliphatic hydroxyl groups is 1. The fraction of sp³-hybridized carbons (Fsp3) is 0.368. The van der Waals surface area contributed by atoms with Crippen molar-refractivity contribution in [2.24, 2.45) is 5.92 Å². The molecule has 6 heteroatoms. The van der Waals surface area contributed by atoms with Gasteiger partial charge in [-0.2, -0.15) is 0 Å². The first-order valence-corrected chi connectivity index (χ1v) is 8.39. The monoisotopic (exact) mass is 342 g/mol. The second kappa shape index (κ2) is 7.53. The van der Waals surface area contributed by atoms with Crippen LogP contribution in [0.25, 0.3) is 0 Å². The van der Waals surface area contributed by atoms with Gasteiger partial charge in [0.25, 0.3) is 0 Å². The number of benzene rings is 1. The predicted octanol–water partition coefficient (Wildman–Crippen LogP) is 2.04. The zero-order valence-electron chi connectivity index (χ0n) is 14.1. The number of nitrogens with zero attached hydrogens (tertiary/aromatic N) is 1. The van der Waals surface area contributed by atoms with Crippen molar-refractivity contribution in [3.63, 3.8) is 0 Å². The summed E-state index contributed by atoms with van der Waals surface area (Å²) in [5.41, 5.74) is 1.04. The maximum atomic E-state index is 12.5. The van der Waals surface area contributed by atoms with Crippen molar-refractivity contribution < 1.29 is 19.1 Å². The first-order valence-electron chi connectivity index (χ1n) is 8.39. The van der Waals surface area contributed by atoms with E-state index in [9.17, 15) is 14.7 Å². The van der Waals surface area contributed by atoms with E-state index in [4.69, 9.17) is 4.42 Å². The van der Waals surface area contributed by atoms with E-state index < -0.39 is 12.0 Å². The quantitative estimate of drug-likeness (QED) is 0.841. The molecule has 2 heterocycles. The molecule has 2 aromatic rings. The number of hydrogen-bond acceptors (Lipinski definition) is 4. The lowest BCUT2D eigenvalue weighted by molar-refractivity contribution is -0.130. The van der Waals surface area contributed by atoms with Crippen molar-refractivity contribution in [2.75, 3.05) is 13.2 Å². The minimum Gasteiger partial charge on any atom is -0.467 e. The van der Waals surface area contributed by atoms with Gasteiger partial charge in [0.1, 0.15) is 11.8 Å². The van der Waals surface area contributed by atoms with Gasteiger partial charge in [0.05, 0.1) is 24.8 Å². The summed E-state index contributed by atoms with van der Waals surface area (Å²) in [6, 6.07) is 12.5. The van der Waals surface area contributed by atoms with Crippen molar-refractivity contribution >= 4 is 11.8 Å². The van der Waals surface area contributed by atoms with Gasteiger partial charge in [-0.25, -0.2) is 0 Å². The summed E-state index contributed by atoms with van der Waals surface area (Å²) in [5, 5.41) is 12.2. The molecule has 6 nitrogen and oxygen atoms in total. The lowest BCUT2D eigenvalue weighted by Crippen LogP contribution is -2.37. The fourth-order valence-corrected chi connectivity index (χ4v) is 3.18. The van der Waals surface area contributed by atoms with Gasteiger partial charge < -0.3 is 19.7 Å². The highest BCUT2D eigenvalue weighted by Crippen LogP contribution is 2.29. The summed E-state index contributed by atoms with van der Waals surface area (Å²) in [6.45, 7) is 2.08. The number of nitrogens with one attached hydrogen (secondary N) is 1. The van der Waals surface area contributed by atoms with Crippen molar-refractivity contribution in [2.45, 2.75) is 25.4 Å². The molecule has 0 radical (unpaired) electrons. The normalized spacial score (nSPS) is 19.7. The summed E-state index contributed by atoms with van der Waals surface area (Å²) in [7, 11) is 0. The second-order valence-electron chi connectivity index (χ2n) is 6.29. The molecule has 0 spiro atoms. The van der Waals surface area contributed by atoms with Gasteiger partial charge in [0.2, 0.25) is 11.8 Å². The van der Waals surface area contributed by atoms with Gasteiger partial charge in [-0.15, -0.1) is 0 Å². The number of aliphatic hydroxyl groups excluding tert-OH is 1. The molecular weight excluding hydrogens is 320 g/mol. The Balaban J connectivity index is 1.64. The van der Waals surface area contributed by atoms with Crippen LogP contribution in [0.3, 0.4) is 0 Å². The molecule has 3 rings (SSSR count). The minimum atomic E-state index is -0.599. The third-order valence-electron chi connectivity index (χ3n) is 4.66. The maximum Gasteiger partial charge on any atom is 0.226 e. The van der Waals surface area contributed by atoms with Crippen LogP contribution in [0.1, 0.15) is 36.8 Å². The Kier molecular flexibility index (Phi) is 5.19. The van der Waals surface area contributed by atoms with E-state index in [2.05, 4.69) is 5.32 Å². The van der Waals surface area contributed by atoms with Gasteiger partial charge in [0, 0.05) is 13.0 Å². The van der Waals surface area contributed by atoms with Gasteiger partial charge in [-0.1, -0.05) is 30.3 Å². The number of carbonyl (C=O) groups is 2. The largest absolute Gasteiger partial charge is 0.467 e. The van der Waals surface area contributed by atoms with Crippen LogP contribution in [0.5, 0.6) is 0 Å². The molecule has 1 aliphatic heterocycles. The number of rotatable bonds is 6. The number of hydrogen-bond donors (Lipinski definition) is 2. The van der Waals surface area contributed by atoms with E-state index in [0.717, 1.165) is 5.56 Å². The average Bonchev–Trinajstić information content (AvgIpc) is 3.29. The predicted molar refractivity (Wildman–Crippen MR) is 91.4 cm³/mol. The average molecular weight is 342 g/mol. The standard InChI is InChI=1S/C19H22N2O4/c1-13(14-6-3-2-4-7-14)21-11-15(10-18(21)23)19(24)20-16(12-22)17-8-5-9-25-17/h2-9,13,15-16,22H,10-12H2,1H3,(H,20,24). The lowest BCUT2D eigenvalue weighted by Gasteiger charge is -2.25. The highest BCUT2D eigenvalue weighted by Gasteiger charge is 2.37. The molecule has 3 atom stereocenters. The SMILES string of the molecule is CC(c1ccccc1)N1CC(C(=O)NC(CO)c2ccco2)CC1=O. The molecule has 1 aromatic carbocycles. The Bertz CT molecular complexity index is 714. The lowest BCUT2D eigenvalue weighted by atomic mass is 10.1. The van der Waals surface area contributed by atoms with E-state index >= 15 is 0 Å². The minimum absolute atomic E-state index is 0.0324. The van der Waals surface area contributed by atoms with Crippen LogP contribution in [0.2, 0.25) is 0 Å². The van der Waals surface area contributed by atoms with Crippen molar-refractivity contribution in [1.29, 1.82) is 0 Å². The van der Waals surface area contributed by atoms with Gasteiger partial charge in [-0.05, 0) is 24.6 Å². The van der Waals surface area contributed by atoms with Gasteiger partial charge in [-0.3, -0.25) is 9.59 Å². The Morgan fingerprint density at radius 1 is 1.32 bits per heavy atom. The van der Waals surface area contributed by atoms with Crippen molar-refractivity contribution in [3.8, 4) is 0 Å². The summed E-state index contributed by atoms with van der Waals surface area (Å²) in [4.78, 5) is 26.6. The second-order valence-corrected chi connectivity index (χ2v) is 6.29. The summed E-state index contributed by atoms with van der Waals surface area (Å²) in [5.74, 6) is -0.209. The molecule has 1 saturated heterocycles. The first kappa shape index (κ1) is 17.2. The maximum absolute atomic E-state index is 12.5. The van der Waals surface area contributed by atoms with Crippen LogP contribution >= 0.6 is 0 Å². The molecule has 1 fully saturated rings. The van der Waals surface area contributed by atoms with E-state index in [0.29, 0.717) is 12.3 Å². The van der Waals surface area contributed by atoms with Crippen LogP contribution in [0.15, 0.2) is 53.1 Å². The van der Waals surface area contributed by atoms with E-state index in [-0.39, 0.29) is 30.9 Å². The Morgan fingerprint density at radius 3 is 2.72 bits per heavy atom. The first-order chi connectivity index (χ1) is 12.1. The zero-order valence-corrected chi connectivity index (χ0v) is 14.1. The van der Waals surface area contributed by atoms with Crippen LogP contribution in [0.4, 0.5) is 0 Å². The Hall–Kier alpha value is -2.60. The van der Waals surface area contributed by atoms with Crippen LogP contribution in [0, 0.1) is 5.92 Å². The smallest absolute Gasteiger partial charge is 0.226 e. The highest BCUT2D eigenvalue weighted by molar-refractivity contribution is 5.89. The molecule has 1 aromatic heterocycles. The highest BCUT2D eigenvalue weighted by atomic mass is 16.3. The van der Waals surface area contributed by atoms with Crippen molar-refractivity contribution in [3.05, 3.63) is 60.1 Å². The molecule has 2 N–H and O–H groups in total. The molecule has 1 aliphatic rings. The number of likely N-dealkylation sites (tertiary alicyclic amines) is 1. The summed E-state index contributed by atoms with van der Waals surface area (Å²) < 4.78 is 5.24. The molecular formula is C19H22N2O4.